The number of phenols is 1. The van der Waals surface area contributed by atoms with Crippen LogP contribution in [0.4, 0.5) is 0 Å². The third kappa shape index (κ3) is 2.74. The van der Waals surface area contributed by atoms with Gasteiger partial charge < -0.3 is 10.8 Å². The summed E-state index contributed by atoms with van der Waals surface area (Å²) in [7, 11) is 0. The summed E-state index contributed by atoms with van der Waals surface area (Å²) in [5.74, 6) is 0.676. The van der Waals surface area contributed by atoms with E-state index in [2.05, 4.69) is 6.92 Å². The van der Waals surface area contributed by atoms with Crippen molar-refractivity contribution >= 4 is 0 Å². The van der Waals surface area contributed by atoms with E-state index >= 15 is 0 Å². The van der Waals surface area contributed by atoms with Gasteiger partial charge >= 0.3 is 0 Å². The van der Waals surface area contributed by atoms with Gasteiger partial charge in [0.15, 0.2) is 0 Å². The van der Waals surface area contributed by atoms with Crippen LogP contribution in [-0.2, 0) is 0 Å². The van der Waals surface area contributed by atoms with Crippen LogP contribution in [0.15, 0.2) is 24.3 Å². The molecule has 0 heterocycles. The second kappa shape index (κ2) is 5.66. The number of nitrogens with two attached hydrogens (primary N) is 1. The number of aromatic hydroxyl groups is 1. The third-order valence-electron chi connectivity index (χ3n) is 2.57. The number of benzene rings is 1. The fourth-order valence-corrected chi connectivity index (χ4v) is 1.68. The lowest BCUT2D eigenvalue weighted by atomic mass is 9.93. The van der Waals surface area contributed by atoms with Gasteiger partial charge in [-0.1, -0.05) is 38.0 Å². The van der Waals surface area contributed by atoms with E-state index in [9.17, 15) is 5.11 Å². The molecule has 1 unspecified atom stereocenters. The van der Waals surface area contributed by atoms with Crippen molar-refractivity contribution in [2.45, 2.75) is 32.1 Å². The topological polar surface area (TPSA) is 46.2 Å². The highest BCUT2D eigenvalue weighted by molar-refractivity contribution is 5.35. The fourth-order valence-electron chi connectivity index (χ4n) is 1.68. The van der Waals surface area contributed by atoms with Crippen LogP contribution < -0.4 is 5.73 Å². The Morgan fingerprint density at radius 1 is 1.36 bits per heavy atom. The van der Waals surface area contributed by atoms with Crippen molar-refractivity contribution in [3.8, 4) is 5.75 Å². The highest BCUT2D eigenvalue weighted by atomic mass is 16.3. The Hall–Kier alpha value is -1.02. The van der Waals surface area contributed by atoms with E-state index < -0.39 is 0 Å². The summed E-state index contributed by atoms with van der Waals surface area (Å²) in [6.45, 7) is 2.77. The molecule has 0 aliphatic heterocycles. The lowest BCUT2D eigenvalue weighted by molar-refractivity contribution is 0.455. The number of hydrogen-bond acceptors (Lipinski definition) is 2. The molecular formula is C12H19NO. The van der Waals surface area contributed by atoms with Gasteiger partial charge in [0, 0.05) is 0 Å². The first-order valence-electron chi connectivity index (χ1n) is 5.27. The molecule has 1 aromatic rings. The van der Waals surface area contributed by atoms with Crippen molar-refractivity contribution in [2.75, 3.05) is 6.54 Å². The molecule has 0 aliphatic carbocycles. The Labute approximate surface area is 85.8 Å². The average molecular weight is 193 g/mol. The van der Waals surface area contributed by atoms with Crippen molar-refractivity contribution in [1.29, 1.82) is 0 Å². The molecule has 0 aliphatic rings. The average Bonchev–Trinajstić information content (AvgIpc) is 2.21. The molecule has 0 aromatic heterocycles. The van der Waals surface area contributed by atoms with Crippen molar-refractivity contribution in [2.24, 2.45) is 5.73 Å². The maximum Gasteiger partial charge on any atom is 0.119 e. The third-order valence-corrected chi connectivity index (χ3v) is 2.57. The molecule has 0 spiro atoms. The number of para-hydroxylation sites is 1. The zero-order chi connectivity index (χ0) is 10.4. The lowest BCUT2D eigenvalue weighted by Gasteiger charge is -2.15. The standard InChI is InChI=1S/C12H19NO/c1-2-3-6-10(9-13)11-7-4-5-8-12(11)14/h4-5,7-8,10,14H,2-3,6,9,13H2,1H3. The van der Waals surface area contributed by atoms with Gasteiger partial charge in [0.05, 0.1) is 0 Å². The molecule has 1 aromatic carbocycles. The molecule has 0 saturated heterocycles. The fraction of sp³-hybridized carbons (Fsp3) is 0.500. The van der Waals surface area contributed by atoms with Gasteiger partial charge in [0.2, 0.25) is 0 Å². The van der Waals surface area contributed by atoms with E-state index in [0.29, 0.717) is 18.2 Å². The van der Waals surface area contributed by atoms with E-state index in [0.717, 1.165) is 18.4 Å². The van der Waals surface area contributed by atoms with Crippen molar-refractivity contribution in [3.05, 3.63) is 29.8 Å². The second-order valence-electron chi connectivity index (χ2n) is 3.63. The molecule has 0 fully saturated rings. The zero-order valence-corrected chi connectivity index (χ0v) is 8.74. The van der Waals surface area contributed by atoms with E-state index in [-0.39, 0.29) is 0 Å². The van der Waals surface area contributed by atoms with E-state index in [4.69, 9.17) is 5.73 Å². The van der Waals surface area contributed by atoms with E-state index in [1.807, 2.05) is 18.2 Å². The molecule has 0 amide bonds. The maximum atomic E-state index is 9.66. The highest BCUT2D eigenvalue weighted by Crippen LogP contribution is 2.28. The van der Waals surface area contributed by atoms with Crippen LogP contribution in [0.3, 0.4) is 0 Å². The summed E-state index contributed by atoms with van der Waals surface area (Å²) >= 11 is 0. The number of unbranched alkanes of at least 4 members (excludes halogenated alkanes) is 1. The number of rotatable bonds is 5. The Morgan fingerprint density at radius 3 is 2.64 bits per heavy atom. The van der Waals surface area contributed by atoms with Gasteiger partial charge in [0.25, 0.3) is 0 Å². The van der Waals surface area contributed by atoms with Gasteiger partial charge in [0.1, 0.15) is 5.75 Å². The van der Waals surface area contributed by atoms with Crippen LogP contribution in [0.5, 0.6) is 5.75 Å². The molecule has 0 saturated carbocycles. The Morgan fingerprint density at radius 2 is 2.07 bits per heavy atom. The minimum absolute atomic E-state index is 0.302. The molecule has 1 rings (SSSR count). The van der Waals surface area contributed by atoms with Crippen LogP contribution in [0.25, 0.3) is 0 Å². The molecule has 14 heavy (non-hydrogen) atoms. The van der Waals surface area contributed by atoms with Gasteiger partial charge in [-0.25, -0.2) is 0 Å². The van der Waals surface area contributed by atoms with Gasteiger partial charge in [-0.3, -0.25) is 0 Å². The predicted octanol–water partition coefficient (Wildman–Crippen LogP) is 2.62. The first-order chi connectivity index (χ1) is 6.79. The first-order valence-corrected chi connectivity index (χ1v) is 5.27. The van der Waals surface area contributed by atoms with Crippen LogP contribution in [0, 0.1) is 0 Å². The summed E-state index contributed by atoms with van der Waals surface area (Å²) in [4.78, 5) is 0. The molecule has 2 nitrogen and oxygen atoms in total. The van der Waals surface area contributed by atoms with E-state index in [1.165, 1.54) is 6.42 Å². The SMILES string of the molecule is CCCCC(CN)c1ccccc1O. The monoisotopic (exact) mass is 193 g/mol. The van der Waals surface area contributed by atoms with Gasteiger partial charge in [-0.05, 0) is 30.5 Å². The zero-order valence-electron chi connectivity index (χ0n) is 8.74. The van der Waals surface area contributed by atoms with Gasteiger partial charge in [-0.2, -0.15) is 0 Å². The van der Waals surface area contributed by atoms with Crippen molar-refractivity contribution in [3.63, 3.8) is 0 Å². The molecule has 1 atom stereocenters. The normalized spacial score (nSPS) is 12.7. The lowest BCUT2D eigenvalue weighted by Crippen LogP contribution is -2.12. The molecule has 78 valence electrons. The Bertz CT molecular complexity index is 273. The predicted molar refractivity (Wildman–Crippen MR) is 59.4 cm³/mol. The summed E-state index contributed by atoms with van der Waals surface area (Å²) in [5, 5.41) is 9.66. The molecule has 0 radical (unpaired) electrons. The maximum absolute atomic E-state index is 9.66. The molecule has 0 bridgehead atoms. The van der Waals surface area contributed by atoms with Gasteiger partial charge in [-0.15, -0.1) is 0 Å². The van der Waals surface area contributed by atoms with Crippen molar-refractivity contribution in [1.82, 2.24) is 0 Å². The summed E-state index contributed by atoms with van der Waals surface area (Å²) < 4.78 is 0. The summed E-state index contributed by atoms with van der Waals surface area (Å²) in [5.41, 5.74) is 6.69. The van der Waals surface area contributed by atoms with Crippen LogP contribution in [0.2, 0.25) is 0 Å². The second-order valence-corrected chi connectivity index (χ2v) is 3.63. The smallest absolute Gasteiger partial charge is 0.119 e. The number of hydrogen-bond donors (Lipinski definition) is 2. The minimum Gasteiger partial charge on any atom is -0.508 e. The molecular weight excluding hydrogens is 174 g/mol. The summed E-state index contributed by atoms with van der Waals surface area (Å²) in [6, 6.07) is 7.47. The first kappa shape index (κ1) is 11.1. The van der Waals surface area contributed by atoms with E-state index in [1.54, 1.807) is 6.07 Å². The van der Waals surface area contributed by atoms with Crippen LogP contribution >= 0.6 is 0 Å². The molecule has 2 heteroatoms. The summed E-state index contributed by atoms with van der Waals surface area (Å²) in [6.07, 6.45) is 3.39. The van der Waals surface area contributed by atoms with Crippen LogP contribution in [0.1, 0.15) is 37.7 Å². The number of phenolic OH excluding ortho intramolecular Hbond substituents is 1. The Balaban J connectivity index is 2.73. The van der Waals surface area contributed by atoms with Crippen LogP contribution in [-0.4, -0.2) is 11.7 Å². The largest absolute Gasteiger partial charge is 0.508 e. The Kier molecular flexibility index (Phi) is 4.47. The van der Waals surface area contributed by atoms with Crippen molar-refractivity contribution < 1.29 is 5.11 Å². The quantitative estimate of drug-likeness (QED) is 0.755. The molecule has 3 N–H and O–H groups in total. The minimum atomic E-state index is 0.302. The highest BCUT2D eigenvalue weighted by Gasteiger charge is 2.12.